The van der Waals surface area contributed by atoms with Gasteiger partial charge in [-0.15, -0.1) is 11.3 Å². The lowest BCUT2D eigenvalue weighted by molar-refractivity contribution is 0.316. The van der Waals surface area contributed by atoms with Crippen LogP contribution in [0, 0.1) is 5.92 Å². The zero-order valence-electron chi connectivity index (χ0n) is 11.8. The predicted molar refractivity (Wildman–Crippen MR) is 82.2 cm³/mol. The number of hydrogen-bond donors (Lipinski definition) is 0. The van der Waals surface area contributed by atoms with Gasteiger partial charge in [-0.3, -0.25) is 4.90 Å². The lowest BCUT2D eigenvalue weighted by atomic mass is 9.99. The van der Waals surface area contributed by atoms with E-state index in [0.29, 0.717) is 0 Å². The van der Waals surface area contributed by atoms with Gasteiger partial charge in [-0.2, -0.15) is 0 Å². The van der Waals surface area contributed by atoms with Crippen LogP contribution in [-0.2, 0) is 13.0 Å². The summed E-state index contributed by atoms with van der Waals surface area (Å²) in [5, 5.41) is 3.29. The summed E-state index contributed by atoms with van der Waals surface area (Å²) in [7, 11) is 1.71. The van der Waals surface area contributed by atoms with Gasteiger partial charge in [0.15, 0.2) is 0 Å². The number of nitrogens with zero attached hydrogens (tertiary/aromatic N) is 2. The first-order valence-corrected chi connectivity index (χ1v) is 7.95. The molecule has 1 aliphatic rings. The van der Waals surface area contributed by atoms with Gasteiger partial charge >= 0.3 is 0 Å². The predicted octanol–water partition coefficient (Wildman–Crippen LogP) is 3.22. The molecule has 2 heterocycles. The van der Waals surface area contributed by atoms with Crippen molar-refractivity contribution >= 4 is 11.3 Å². The second kappa shape index (κ2) is 6.37. The molecular formula is C16H20N2OS. The summed E-state index contributed by atoms with van der Waals surface area (Å²) in [6.45, 7) is 3.39. The number of benzene rings is 1. The Bertz CT molecular complexity index is 524. The standard InChI is InChI=1S/C16H20N2OS/c1-19-15-4-2-13(3-5-15)10-14-6-8-18(11-14)12-16-17-7-9-20-16/h2-5,7,9,14H,6,8,10-12H2,1H3. The van der Waals surface area contributed by atoms with Crippen molar-refractivity contribution in [3.05, 3.63) is 46.4 Å². The molecule has 1 unspecified atom stereocenters. The minimum atomic E-state index is 0.767. The van der Waals surface area contributed by atoms with Crippen molar-refractivity contribution in [2.45, 2.75) is 19.4 Å². The molecule has 0 aliphatic carbocycles. The van der Waals surface area contributed by atoms with Crippen LogP contribution < -0.4 is 4.74 Å². The molecule has 0 radical (unpaired) electrons. The number of thiazole rings is 1. The van der Waals surface area contributed by atoms with Gasteiger partial charge in [-0.25, -0.2) is 4.98 Å². The van der Waals surface area contributed by atoms with E-state index in [-0.39, 0.29) is 0 Å². The van der Waals surface area contributed by atoms with Gasteiger partial charge in [0.2, 0.25) is 0 Å². The third-order valence-electron chi connectivity index (χ3n) is 3.90. The van der Waals surface area contributed by atoms with Crippen molar-refractivity contribution in [3.8, 4) is 5.75 Å². The molecular weight excluding hydrogens is 268 g/mol. The van der Waals surface area contributed by atoms with Gasteiger partial charge in [0.1, 0.15) is 10.8 Å². The van der Waals surface area contributed by atoms with Gasteiger partial charge in [0.25, 0.3) is 0 Å². The van der Waals surface area contributed by atoms with Crippen molar-refractivity contribution in [2.24, 2.45) is 5.92 Å². The Balaban J connectivity index is 1.51. The van der Waals surface area contributed by atoms with Crippen molar-refractivity contribution in [3.63, 3.8) is 0 Å². The Kier molecular flexibility index (Phi) is 4.33. The molecule has 1 fully saturated rings. The van der Waals surface area contributed by atoms with E-state index in [2.05, 4.69) is 39.5 Å². The van der Waals surface area contributed by atoms with Gasteiger partial charge in [0, 0.05) is 18.1 Å². The smallest absolute Gasteiger partial charge is 0.118 e. The number of hydrogen-bond acceptors (Lipinski definition) is 4. The van der Waals surface area contributed by atoms with Crippen LogP contribution in [0.15, 0.2) is 35.8 Å². The van der Waals surface area contributed by atoms with E-state index in [1.54, 1.807) is 18.4 Å². The van der Waals surface area contributed by atoms with Crippen LogP contribution in [-0.4, -0.2) is 30.1 Å². The maximum Gasteiger partial charge on any atom is 0.118 e. The molecule has 0 bridgehead atoms. The fourth-order valence-corrected chi connectivity index (χ4v) is 3.50. The Hall–Kier alpha value is -1.39. The molecule has 0 N–H and O–H groups in total. The average molecular weight is 288 g/mol. The third-order valence-corrected chi connectivity index (χ3v) is 4.66. The molecule has 106 valence electrons. The van der Waals surface area contributed by atoms with Crippen molar-refractivity contribution in [2.75, 3.05) is 20.2 Å². The molecule has 0 spiro atoms. The topological polar surface area (TPSA) is 25.4 Å². The van der Waals surface area contributed by atoms with E-state index in [1.165, 1.54) is 36.5 Å². The van der Waals surface area contributed by atoms with Crippen molar-refractivity contribution in [1.29, 1.82) is 0 Å². The first kappa shape index (κ1) is 13.6. The Morgan fingerprint density at radius 3 is 2.90 bits per heavy atom. The van der Waals surface area contributed by atoms with Crippen LogP contribution in [0.4, 0.5) is 0 Å². The van der Waals surface area contributed by atoms with E-state index in [4.69, 9.17) is 4.74 Å². The Morgan fingerprint density at radius 2 is 2.20 bits per heavy atom. The average Bonchev–Trinajstić information content (AvgIpc) is 3.12. The molecule has 3 nitrogen and oxygen atoms in total. The maximum absolute atomic E-state index is 5.20. The Morgan fingerprint density at radius 1 is 1.35 bits per heavy atom. The molecule has 2 aromatic rings. The molecule has 20 heavy (non-hydrogen) atoms. The number of likely N-dealkylation sites (tertiary alicyclic amines) is 1. The molecule has 1 aliphatic heterocycles. The number of rotatable bonds is 5. The van der Waals surface area contributed by atoms with E-state index >= 15 is 0 Å². The van der Waals surface area contributed by atoms with Gasteiger partial charge in [0.05, 0.1) is 13.7 Å². The highest BCUT2D eigenvalue weighted by atomic mass is 32.1. The molecule has 1 atom stereocenters. The van der Waals surface area contributed by atoms with E-state index < -0.39 is 0 Å². The summed E-state index contributed by atoms with van der Waals surface area (Å²) in [6, 6.07) is 8.47. The fourth-order valence-electron chi connectivity index (χ4n) is 2.84. The zero-order valence-corrected chi connectivity index (χ0v) is 12.6. The third kappa shape index (κ3) is 3.38. The Labute approximate surface area is 124 Å². The van der Waals surface area contributed by atoms with Gasteiger partial charge in [-0.1, -0.05) is 12.1 Å². The quantitative estimate of drug-likeness (QED) is 0.844. The summed E-state index contributed by atoms with van der Waals surface area (Å²) < 4.78 is 5.20. The lowest BCUT2D eigenvalue weighted by Crippen LogP contribution is -2.20. The van der Waals surface area contributed by atoms with Crippen LogP contribution >= 0.6 is 11.3 Å². The summed E-state index contributed by atoms with van der Waals surface area (Å²) in [5.41, 5.74) is 1.41. The van der Waals surface area contributed by atoms with E-state index in [0.717, 1.165) is 18.2 Å². The zero-order chi connectivity index (χ0) is 13.8. The molecule has 3 rings (SSSR count). The molecule has 1 saturated heterocycles. The van der Waals surface area contributed by atoms with Crippen LogP contribution in [0.25, 0.3) is 0 Å². The summed E-state index contributed by atoms with van der Waals surface area (Å²) in [4.78, 5) is 6.89. The summed E-state index contributed by atoms with van der Waals surface area (Å²) in [6.07, 6.45) is 4.35. The minimum absolute atomic E-state index is 0.767. The van der Waals surface area contributed by atoms with E-state index in [1.807, 2.05) is 6.20 Å². The van der Waals surface area contributed by atoms with Gasteiger partial charge < -0.3 is 4.74 Å². The van der Waals surface area contributed by atoms with Crippen molar-refractivity contribution < 1.29 is 4.74 Å². The highest BCUT2D eigenvalue weighted by molar-refractivity contribution is 7.09. The first-order valence-electron chi connectivity index (χ1n) is 7.07. The molecule has 1 aromatic carbocycles. The molecule has 4 heteroatoms. The largest absolute Gasteiger partial charge is 0.497 e. The monoisotopic (exact) mass is 288 g/mol. The second-order valence-electron chi connectivity index (χ2n) is 5.37. The SMILES string of the molecule is COc1ccc(CC2CCN(Cc3nccs3)C2)cc1. The molecule has 1 aromatic heterocycles. The van der Waals surface area contributed by atoms with Crippen LogP contribution in [0.3, 0.4) is 0 Å². The second-order valence-corrected chi connectivity index (χ2v) is 6.35. The lowest BCUT2D eigenvalue weighted by Gasteiger charge is -2.14. The number of ether oxygens (including phenoxy) is 1. The normalized spacial score (nSPS) is 19.4. The number of aromatic nitrogens is 1. The summed E-state index contributed by atoms with van der Waals surface area (Å²) >= 11 is 1.75. The van der Waals surface area contributed by atoms with Gasteiger partial charge in [-0.05, 0) is 43.0 Å². The molecule has 0 saturated carbocycles. The highest BCUT2D eigenvalue weighted by Gasteiger charge is 2.23. The number of methoxy groups -OCH3 is 1. The highest BCUT2D eigenvalue weighted by Crippen LogP contribution is 2.23. The van der Waals surface area contributed by atoms with E-state index in [9.17, 15) is 0 Å². The van der Waals surface area contributed by atoms with Crippen LogP contribution in [0.1, 0.15) is 17.0 Å². The van der Waals surface area contributed by atoms with Crippen LogP contribution in [0.5, 0.6) is 5.75 Å². The maximum atomic E-state index is 5.20. The summed E-state index contributed by atoms with van der Waals surface area (Å²) in [5.74, 6) is 1.70. The fraction of sp³-hybridized carbons (Fsp3) is 0.438. The van der Waals surface area contributed by atoms with Crippen molar-refractivity contribution in [1.82, 2.24) is 9.88 Å². The molecule has 0 amide bonds. The first-order chi connectivity index (χ1) is 9.83. The minimum Gasteiger partial charge on any atom is -0.497 e. The van der Waals surface area contributed by atoms with Crippen LogP contribution in [0.2, 0.25) is 0 Å².